The van der Waals surface area contributed by atoms with Gasteiger partial charge < -0.3 is 10.1 Å². The maximum Gasteiger partial charge on any atom is 0.329 e. The van der Waals surface area contributed by atoms with E-state index >= 15 is 0 Å². The molecule has 3 rings (SSSR count). The van der Waals surface area contributed by atoms with E-state index in [-0.39, 0.29) is 34.9 Å². The SMILES string of the molecule is CC(C)CC(C(=O)OCC(=O)Nc1cc(Cl)ccc1Cl)N1C(=O)C2CC=CCC2C1=O. The highest BCUT2D eigenvalue weighted by atomic mass is 35.5. The predicted molar refractivity (Wildman–Crippen MR) is 117 cm³/mol. The molecular weight excluding hydrogens is 443 g/mol. The summed E-state index contributed by atoms with van der Waals surface area (Å²) in [4.78, 5) is 51.9. The number of carbonyl (C=O) groups excluding carboxylic acids is 4. The highest BCUT2D eigenvalue weighted by Gasteiger charge is 2.51. The lowest BCUT2D eigenvalue weighted by Gasteiger charge is -2.26. The Labute approximate surface area is 190 Å². The van der Waals surface area contributed by atoms with Crippen LogP contribution in [0.25, 0.3) is 0 Å². The van der Waals surface area contributed by atoms with Gasteiger partial charge in [-0.2, -0.15) is 0 Å². The molecule has 0 spiro atoms. The number of esters is 1. The Kier molecular flexibility index (Phi) is 7.38. The molecule has 1 aliphatic carbocycles. The molecule has 3 amide bonds. The van der Waals surface area contributed by atoms with Crippen molar-refractivity contribution < 1.29 is 23.9 Å². The lowest BCUT2D eigenvalue weighted by Crippen LogP contribution is -2.47. The Hall–Kier alpha value is -2.38. The average molecular weight is 467 g/mol. The molecule has 3 unspecified atom stereocenters. The fourth-order valence-corrected chi connectivity index (χ4v) is 4.24. The number of ether oxygens (including phenoxy) is 1. The molecule has 1 aromatic rings. The van der Waals surface area contributed by atoms with Crippen LogP contribution in [0.1, 0.15) is 33.1 Å². The third-order valence-electron chi connectivity index (χ3n) is 5.37. The zero-order valence-corrected chi connectivity index (χ0v) is 18.8. The summed E-state index contributed by atoms with van der Waals surface area (Å²) < 4.78 is 5.18. The first-order chi connectivity index (χ1) is 14.7. The molecule has 7 nitrogen and oxygen atoms in total. The third-order valence-corrected chi connectivity index (χ3v) is 5.93. The number of anilines is 1. The molecule has 1 heterocycles. The first-order valence-electron chi connectivity index (χ1n) is 10.1. The summed E-state index contributed by atoms with van der Waals surface area (Å²) in [6.45, 7) is 3.18. The van der Waals surface area contributed by atoms with Crippen molar-refractivity contribution in [2.45, 2.75) is 39.2 Å². The number of nitrogens with zero attached hydrogens (tertiary/aromatic N) is 1. The summed E-state index contributed by atoms with van der Waals surface area (Å²) in [5.74, 6) is -2.94. The minimum atomic E-state index is -1.06. The van der Waals surface area contributed by atoms with Gasteiger partial charge in [0.05, 0.1) is 22.5 Å². The van der Waals surface area contributed by atoms with Gasteiger partial charge >= 0.3 is 5.97 Å². The Morgan fingerprint density at radius 3 is 2.32 bits per heavy atom. The largest absolute Gasteiger partial charge is 0.454 e. The molecule has 0 radical (unpaired) electrons. The second-order valence-electron chi connectivity index (χ2n) is 8.13. The average Bonchev–Trinajstić information content (AvgIpc) is 2.97. The van der Waals surface area contributed by atoms with Crippen LogP contribution in [-0.2, 0) is 23.9 Å². The number of carbonyl (C=O) groups is 4. The Morgan fingerprint density at radius 1 is 1.13 bits per heavy atom. The van der Waals surface area contributed by atoms with Crippen molar-refractivity contribution in [1.82, 2.24) is 4.90 Å². The summed E-state index contributed by atoms with van der Waals surface area (Å²) in [6.07, 6.45) is 4.99. The molecule has 31 heavy (non-hydrogen) atoms. The van der Waals surface area contributed by atoms with Crippen LogP contribution in [-0.4, -0.2) is 41.2 Å². The maximum atomic E-state index is 12.9. The second kappa shape index (κ2) is 9.83. The quantitative estimate of drug-likeness (QED) is 0.374. The third kappa shape index (κ3) is 5.28. The summed E-state index contributed by atoms with van der Waals surface area (Å²) in [6, 6.07) is 3.52. The standard InChI is InChI=1S/C22H24Cl2N2O5/c1-12(2)9-18(26-20(28)14-5-3-4-6-15(14)21(26)29)22(30)31-11-19(27)25-17-10-13(23)7-8-16(17)24/h3-4,7-8,10,12,14-15,18H,5-6,9,11H2,1-2H3,(H,25,27). The molecule has 1 fully saturated rings. The Bertz CT molecular complexity index is 904. The highest BCUT2D eigenvalue weighted by molar-refractivity contribution is 6.35. The Morgan fingerprint density at radius 2 is 1.74 bits per heavy atom. The molecular formula is C22H24Cl2N2O5. The molecule has 9 heteroatoms. The van der Waals surface area contributed by atoms with Gasteiger partial charge in [-0.15, -0.1) is 0 Å². The fraction of sp³-hybridized carbons (Fsp3) is 0.455. The number of allylic oxidation sites excluding steroid dienone is 2. The van der Waals surface area contributed by atoms with E-state index in [1.807, 2.05) is 26.0 Å². The van der Waals surface area contributed by atoms with Crippen LogP contribution in [0.4, 0.5) is 5.69 Å². The molecule has 1 N–H and O–H groups in total. The van der Waals surface area contributed by atoms with Crippen LogP contribution in [0.5, 0.6) is 0 Å². The van der Waals surface area contributed by atoms with E-state index in [9.17, 15) is 19.2 Å². The van der Waals surface area contributed by atoms with Crippen LogP contribution in [0.15, 0.2) is 30.4 Å². The number of nitrogens with one attached hydrogen (secondary N) is 1. The van der Waals surface area contributed by atoms with E-state index in [2.05, 4.69) is 5.32 Å². The summed E-state index contributed by atoms with van der Waals surface area (Å²) in [5.41, 5.74) is 0.287. The van der Waals surface area contributed by atoms with E-state index < -0.39 is 36.4 Å². The van der Waals surface area contributed by atoms with Gasteiger partial charge in [0.2, 0.25) is 11.8 Å². The molecule has 0 bridgehead atoms. The lowest BCUT2D eigenvalue weighted by molar-refractivity contribution is -0.160. The van der Waals surface area contributed by atoms with E-state index in [4.69, 9.17) is 27.9 Å². The van der Waals surface area contributed by atoms with E-state index in [0.29, 0.717) is 17.9 Å². The number of likely N-dealkylation sites (tertiary alicyclic amines) is 1. The van der Waals surface area contributed by atoms with Gasteiger partial charge in [0.25, 0.3) is 5.91 Å². The monoisotopic (exact) mass is 466 g/mol. The van der Waals surface area contributed by atoms with Crippen LogP contribution < -0.4 is 5.32 Å². The first kappa shape index (κ1) is 23.3. The Balaban J connectivity index is 1.67. The second-order valence-corrected chi connectivity index (χ2v) is 8.97. The van der Waals surface area contributed by atoms with Gasteiger partial charge in [-0.3, -0.25) is 19.3 Å². The van der Waals surface area contributed by atoms with Crippen molar-refractivity contribution in [3.8, 4) is 0 Å². The van der Waals surface area contributed by atoms with Crippen molar-refractivity contribution >= 4 is 52.6 Å². The number of hydrogen-bond donors (Lipinski definition) is 1. The van der Waals surface area contributed by atoms with Crippen LogP contribution in [0.3, 0.4) is 0 Å². The zero-order valence-electron chi connectivity index (χ0n) is 17.3. The van der Waals surface area contributed by atoms with Gasteiger partial charge in [0.15, 0.2) is 6.61 Å². The van der Waals surface area contributed by atoms with Gasteiger partial charge in [0.1, 0.15) is 6.04 Å². The summed E-state index contributed by atoms with van der Waals surface area (Å²) in [5, 5.41) is 3.19. The van der Waals surface area contributed by atoms with Crippen LogP contribution in [0.2, 0.25) is 10.0 Å². The summed E-state index contributed by atoms with van der Waals surface area (Å²) in [7, 11) is 0. The molecule has 0 aromatic heterocycles. The van der Waals surface area contributed by atoms with Crippen LogP contribution >= 0.6 is 23.2 Å². The maximum absolute atomic E-state index is 12.9. The number of amides is 3. The van der Waals surface area contributed by atoms with Crippen LogP contribution in [0, 0.1) is 17.8 Å². The van der Waals surface area contributed by atoms with Gasteiger partial charge in [-0.25, -0.2) is 4.79 Å². The number of hydrogen-bond acceptors (Lipinski definition) is 5. The number of imide groups is 1. The van der Waals surface area contributed by atoms with E-state index in [1.54, 1.807) is 6.07 Å². The van der Waals surface area contributed by atoms with Crippen molar-refractivity contribution in [2.75, 3.05) is 11.9 Å². The molecule has 0 saturated carbocycles. The lowest BCUT2D eigenvalue weighted by atomic mass is 9.85. The number of halogens is 2. The van der Waals surface area contributed by atoms with Gasteiger partial charge in [-0.05, 0) is 43.4 Å². The van der Waals surface area contributed by atoms with E-state index in [1.165, 1.54) is 12.1 Å². The molecule has 1 saturated heterocycles. The number of rotatable bonds is 7. The number of fused-ring (bicyclic) bond motifs is 1. The molecule has 166 valence electrons. The fourth-order valence-electron chi connectivity index (χ4n) is 3.90. The molecule has 3 atom stereocenters. The number of benzene rings is 1. The topological polar surface area (TPSA) is 92.8 Å². The predicted octanol–water partition coefficient (Wildman–Crippen LogP) is 3.84. The van der Waals surface area contributed by atoms with Crippen molar-refractivity contribution in [1.29, 1.82) is 0 Å². The minimum Gasteiger partial charge on any atom is -0.454 e. The normalized spacial score (nSPS) is 21.3. The van der Waals surface area contributed by atoms with E-state index in [0.717, 1.165) is 4.90 Å². The zero-order chi connectivity index (χ0) is 22.7. The minimum absolute atomic E-state index is 0.0259. The molecule has 1 aliphatic heterocycles. The smallest absolute Gasteiger partial charge is 0.329 e. The van der Waals surface area contributed by atoms with Crippen molar-refractivity contribution in [3.63, 3.8) is 0 Å². The van der Waals surface area contributed by atoms with Gasteiger partial charge in [-0.1, -0.05) is 49.2 Å². The molecule has 1 aromatic carbocycles. The molecule has 2 aliphatic rings. The van der Waals surface area contributed by atoms with Crippen molar-refractivity contribution in [3.05, 3.63) is 40.4 Å². The van der Waals surface area contributed by atoms with Crippen molar-refractivity contribution in [2.24, 2.45) is 17.8 Å². The van der Waals surface area contributed by atoms with Gasteiger partial charge in [0, 0.05) is 5.02 Å². The first-order valence-corrected chi connectivity index (χ1v) is 10.9. The highest BCUT2D eigenvalue weighted by Crippen LogP contribution is 2.37. The summed E-state index contributed by atoms with van der Waals surface area (Å²) >= 11 is 11.9.